The van der Waals surface area contributed by atoms with E-state index in [9.17, 15) is 0 Å². The van der Waals surface area contributed by atoms with E-state index in [4.69, 9.17) is 5.73 Å². The van der Waals surface area contributed by atoms with Crippen LogP contribution in [0.3, 0.4) is 0 Å². The Bertz CT molecular complexity index is 356. The van der Waals surface area contributed by atoms with Crippen LogP contribution in [0.2, 0.25) is 0 Å². The van der Waals surface area contributed by atoms with Crippen LogP contribution >= 0.6 is 0 Å². The minimum Gasteiger partial charge on any atom is -0.368 e. The first-order valence-corrected chi connectivity index (χ1v) is 5.86. The van der Waals surface area contributed by atoms with Crippen LogP contribution < -0.4 is 16.0 Å². The Hall–Kier alpha value is -1.36. The maximum absolute atomic E-state index is 5.69. The van der Waals surface area contributed by atoms with E-state index in [1.165, 1.54) is 0 Å². The summed E-state index contributed by atoms with van der Waals surface area (Å²) in [6.45, 7) is 9.09. The van der Waals surface area contributed by atoms with E-state index in [1.807, 2.05) is 20.0 Å². The van der Waals surface area contributed by atoms with Gasteiger partial charge in [-0.15, -0.1) is 0 Å². The van der Waals surface area contributed by atoms with E-state index in [2.05, 4.69) is 41.0 Å². The number of aromatic nitrogens is 2. The molecule has 1 aromatic heterocycles. The van der Waals surface area contributed by atoms with Crippen molar-refractivity contribution in [2.75, 3.05) is 23.8 Å². The normalized spacial score (nSPS) is 13.3. The molecular weight excluding hydrogens is 214 g/mol. The molecule has 0 spiro atoms. The van der Waals surface area contributed by atoms with Crippen LogP contribution in [-0.2, 0) is 0 Å². The van der Waals surface area contributed by atoms with E-state index in [0.717, 1.165) is 11.6 Å². The number of anilines is 2. The van der Waals surface area contributed by atoms with Gasteiger partial charge < -0.3 is 16.0 Å². The van der Waals surface area contributed by atoms with Crippen molar-refractivity contribution in [2.24, 2.45) is 5.73 Å². The second-order valence-corrected chi connectivity index (χ2v) is 5.35. The van der Waals surface area contributed by atoms with Gasteiger partial charge in [-0.25, -0.2) is 9.97 Å². The molecule has 3 N–H and O–H groups in total. The lowest BCUT2D eigenvalue weighted by atomic mass is 10.1. The van der Waals surface area contributed by atoms with Crippen LogP contribution in [0.4, 0.5) is 11.6 Å². The predicted octanol–water partition coefficient (Wildman–Crippen LogP) is 1.47. The Morgan fingerprint density at radius 1 is 1.41 bits per heavy atom. The molecule has 0 fully saturated rings. The van der Waals surface area contributed by atoms with Crippen molar-refractivity contribution in [1.82, 2.24) is 9.97 Å². The summed E-state index contributed by atoms with van der Waals surface area (Å²) < 4.78 is 0. The first-order chi connectivity index (χ1) is 7.80. The first kappa shape index (κ1) is 13.7. The van der Waals surface area contributed by atoms with Crippen LogP contribution in [-0.4, -0.2) is 35.1 Å². The molecule has 0 aliphatic rings. The van der Waals surface area contributed by atoms with Crippen molar-refractivity contribution >= 4 is 11.6 Å². The summed E-state index contributed by atoms with van der Waals surface area (Å²) >= 11 is 0. The lowest BCUT2D eigenvalue weighted by molar-refractivity contribution is 0.533. The zero-order valence-electron chi connectivity index (χ0n) is 11.4. The second-order valence-electron chi connectivity index (χ2n) is 5.35. The Kier molecular flexibility index (Phi) is 4.28. The number of nitrogens with one attached hydrogen (secondary N) is 1. The van der Waals surface area contributed by atoms with Crippen molar-refractivity contribution in [3.05, 3.63) is 12.4 Å². The average molecular weight is 237 g/mol. The van der Waals surface area contributed by atoms with Gasteiger partial charge in [0.2, 0.25) is 0 Å². The molecule has 17 heavy (non-hydrogen) atoms. The molecular formula is C12H23N5. The zero-order valence-corrected chi connectivity index (χ0v) is 11.4. The van der Waals surface area contributed by atoms with Crippen LogP contribution in [0.5, 0.6) is 0 Å². The van der Waals surface area contributed by atoms with Crippen molar-refractivity contribution in [3.63, 3.8) is 0 Å². The van der Waals surface area contributed by atoms with Gasteiger partial charge in [-0.3, -0.25) is 0 Å². The molecule has 0 aliphatic carbocycles. The van der Waals surface area contributed by atoms with E-state index in [-0.39, 0.29) is 11.6 Å². The van der Waals surface area contributed by atoms with Gasteiger partial charge in [0, 0.05) is 31.2 Å². The molecule has 1 heterocycles. The summed E-state index contributed by atoms with van der Waals surface area (Å²) in [6, 6.07) is 2.04. The Balaban J connectivity index is 2.79. The molecule has 1 atom stereocenters. The van der Waals surface area contributed by atoms with Gasteiger partial charge in [-0.05, 0) is 27.7 Å². The SMILES string of the molecule is CC(N)CNc1cc(N(C)C(C)(C)C)ncn1. The quantitative estimate of drug-likeness (QED) is 0.830. The second kappa shape index (κ2) is 5.31. The van der Waals surface area contributed by atoms with Gasteiger partial charge in [-0.1, -0.05) is 0 Å². The molecule has 1 rings (SSSR count). The van der Waals surface area contributed by atoms with Crippen LogP contribution in [0.1, 0.15) is 27.7 Å². The highest BCUT2D eigenvalue weighted by Gasteiger charge is 2.18. The van der Waals surface area contributed by atoms with Crippen LogP contribution in [0.25, 0.3) is 0 Å². The number of nitrogens with zero attached hydrogens (tertiary/aromatic N) is 3. The van der Waals surface area contributed by atoms with E-state index in [0.29, 0.717) is 6.54 Å². The summed E-state index contributed by atoms with van der Waals surface area (Å²) in [5.74, 6) is 1.71. The Morgan fingerprint density at radius 3 is 2.59 bits per heavy atom. The maximum atomic E-state index is 5.69. The monoisotopic (exact) mass is 237 g/mol. The molecule has 1 aromatic rings. The summed E-state index contributed by atoms with van der Waals surface area (Å²) in [6.07, 6.45) is 1.57. The molecule has 0 aromatic carbocycles. The fourth-order valence-electron chi connectivity index (χ4n) is 1.24. The highest BCUT2D eigenvalue weighted by atomic mass is 15.2. The standard InChI is InChI=1S/C12H23N5/c1-9(13)7-14-10-6-11(16-8-15-10)17(5)12(2,3)4/h6,8-9H,7,13H2,1-5H3,(H,14,15,16). The first-order valence-electron chi connectivity index (χ1n) is 5.86. The fourth-order valence-corrected chi connectivity index (χ4v) is 1.24. The molecule has 5 nitrogen and oxygen atoms in total. The Labute approximate surface area is 103 Å². The van der Waals surface area contributed by atoms with E-state index < -0.39 is 0 Å². The minimum absolute atomic E-state index is 0.0345. The van der Waals surface area contributed by atoms with Gasteiger partial charge in [-0.2, -0.15) is 0 Å². The molecule has 0 amide bonds. The molecule has 0 saturated carbocycles. The zero-order chi connectivity index (χ0) is 13.1. The lowest BCUT2D eigenvalue weighted by Crippen LogP contribution is -2.38. The number of hydrogen-bond donors (Lipinski definition) is 2. The molecule has 0 bridgehead atoms. The van der Waals surface area contributed by atoms with E-state index >= 15 is 0 Å². The van der Waals surface area contributed by atoms with Gasteiger partial charge in [0.15, 0.2) is 0 Å². The van der Waals surface area contributed by atoms with Crippen molar-refractivity contribution in [1.29, 1.82) is 0 Å². The molecule has 0 saturated heterocycles. The van der Waals surface area contributed by atoms with Gasteiger partial charge in [0.25, 0.3) is 0 Å². The molecule has 96 valence electrons. The van der Waals surface area contributed by atoms with Gasteiger partial charge in [0.05, 0.1) is 0 Å². The number of nitrogens with two attached hydrogens (primary N) is 1. The summed E-state index contributed by atoms with van der Waals surface area (Å²) in [5, 5.41) is 3.19. The fraction of sp³-hybridized carbons (Fsp3) is 0.667. The predicted molar refractivity (Wildman–Crippen MR) is 72.3 cm³/mol. The van der Waals surface area contributed by atoms with Gasteiger partial charge in [0.1, 0.15) is 18.0 Å². The van der Waals surface area contributed by atoms with Crippen molar-refractivity contribution < 1.29 is 0 Å². The Morgan fingerprint density at radius 2 is 2.06 bits per heavy atom. The highest BCUT2D eigenvalue weighted by Crippen LogP contribution is 2.20. The molecule has 0 radical (unpaired) electrons. The van der Waals surface area contributed by atoms with Crippen molar-refractivity contribution in [2.45, 2.75) is 39.3 Å². The number of rotatable bonds is 4. The summed E-state index contributed by atoms with van der Waals surface area (Å²) in [4.78, 5) is 10.6. The summed E-state index contributed by atoms with van der Waals surface area (Å²) in [5.41, 5.74) is 5.73. The highest BCUT2D eigenvalue weighted by molar-refractivity contribution is 5.49. The smallest absolute Gasteiger partial charge is 0.134 e. The van der Waals surface area contributed by atoms with Gasteiger partial charge >= 0.3 is 0 Å². The third-order valence-corrected chi connectivity index (χ3v) is 2.61. The topological polar surface area (TPSA) is 67.1 Å². The maximum Gasteiger partial charge on any atom is 0.134 e. The lowest BCUT2D eigenvalue weighted by Gasteiger charge is -2.33. The minimum atomic E-state index is 0.0345. The van der Waals surface area contributed by atoms with E-state index in [1.54, 1.807) is 6.33 Å². The molecule has 1 unspecified atom stereocenters. The summed E-state index contributed by atoms with van der Waals surface area (Å²) in [7, 11) is 2.03. The third-order valence-electron chi connectivity index (χ3n) is 2.61. The van der Waals surface area contributed by atoms with Crippen LogP contribution in [0.15, 0.2) is 12.4 Å². The third kappa shape index (κ3) is 4.19. The van der Waals surface area contributed by atoms with Crippen molar-refractivity contribution in [3.8, 4) is 0 Å². The average Bonchev–Trinajstić information content (AvgIpc) is 2.24. The largest absolute Gasteiger partial charge is 0.368 e. The van der Waals surface area contributed by atoms with Crippen LogP contribution in [0, 0.1) is 0 Å². The molecule has 0 aliphatic heterocycles. The molecule has 5 heteroatoms. The number of hydrogen-bond acceptors (Lipinski definition) is 5.